The third-order valence-electron chi connectivity index (χ3n) is 3.42. The van der Waals surface area contributed by atoms with Gasteiger partial charge >= 0.3 is 6.18 Å². The van der Waals surface area contributed by atoms with Crippen molar-refractivity contribution in [1.29, 1.82) is 0 Å². The molecule has 0 aliphatic carbocycles. The summed E-state index contributed by atoms with van der Waals surface area (Å²) in [7, 11) is -3.95. The molecule has 2 aromatic carbocycles. The minimum absolute atomic E-state index is 0.0217. The van der Waals surface area contributed by atoms with E-state index in [1.807, 2.05) is 0 Å². The molecule has 5 nitrogen and oxygen atoms in total. The summed E-state index contributed by atoms with van der Waals surface area (Å²) in [6.45, 7) is -0.733. The van der Waals surface area contributed by atoms with Crippen LogP contribution in [0.2, 0.25) is 15.1 Å². The second kappa shape index (κ2) is 8.36. The number of hydrogen-bond donors (Lipinski definition) is 1. The Labute approximate surface area is 174 Å². The topological polar surface area (TPSA) is 66.5 Å². The zero-order chi connectivity index (χ0) is 21.3. The molecule has 2 rings (SSSR count). The van der Waals surface area contributed by atoms with E-state index in [1.165, 1.54) is 18.2 Å². The highest BCUT2D eigenvalue weighted by Gasteiger charge is 2.33. The van der Waals surface area contributed by atoms with Gasteiger partial charge in [-0.2, -0.15) is 13.2 Å². The zero-order valence-corrected chi connectivity index (χ0v) is 17.1. The van der Waals surface area contributed by atoms with Gasteiger partial charge in [-0.15, -0.1) is 0 Å². The SMILES string of the molecule is CS(=O)(=O)N(CC(=O)Nc1ccc(Cl)c(C(F)(F)F)c1)c1cc(Cl)ccc1Cl. The lowest BCUT2D eigenvalue weighted by Gasteiger charge is -2.23. The van der Waals surface area contributed by atoms with Crippen molar-refractivity contribution in [3.63, 3.8) is 0 Å². The molecule has 1 amide bonds. The van der Waals surface area contributed by atoms with E-state index in [1.54, 1.807) is 0 Å². The molecule has 12 heteroatoms. The van der Waals surface area contributed by atoms with E-state index in [2.05, 4.69) is 5.32 Å². The number of anilines is 2. The van der Waals surface area contributed by atoms with Gasteiger partial charge in [-0.05, 0) is 36.4 Å². The average molecular weight is 476 g/mol. The van der Waals surface area contributed by atoms with Crippen molar-refractivity contribution in [1.82, 2.24) is 0 Å². The van der Waals surface area contributed by atoms with E-state index < -0.39 is 39.2 Å². The molecule has 0 atom stereocenters. The number of hydrogen-bond acceptors (Lipinski definition) is 3. The molecule has 0 unspecified atom stereocenters. The van der Waals surface area contributed by atoms with Crippen molar-refractivity contribution >= 4 is 62.1 Å². The van der Waals surface area contributed by atoms with Gasteiger partial charge in [-0.1, -0.05) is 34.8 Å². The largest absolute Gasteiger partial charge is 0.417 e. The monoisotopic (exact) mass is 474 g/mol. The van der Waals surface area contributed by atoms with Crippen molar-refractivity contribution in [3.05, 3.63) is 57.0 Å². The molecule has 0 aromatic heterocycles. The number of sulfonamides is 1. The Morgan fingerprint density at radius 3 is 2.25 bits per heavy atom. The first-order chi connectivity index (χ1) is 12.8. The molecule has 0 spiro atoms. The standard InChI is InChI=1S/C16H12Cl3F3N2O3S/c1-28(26,27)24(14-6-9(17)2-4-13(14)19)8-15(25)23-10-3-5-12(18)11(7-10)16(20,21)22/h2-7H,8H2,1H3,(H,23,25). The number of alkyl halides is 3. The molecule has 152 valence electrons. The molecule has 2 aromatic rings. The highest BCUT2D eigenvalue weighted by molar-refractivity contribution is 7.92. The molecule has 0 radical (unpaired) electrons. The molecule has 0 saturated heterocycles. The maximum atomic E-state index is 12.9. The van der Waals surface area contributed by atoms with E-state index in [0.29, 0.717) is 10.4 Å². The van der Waals surface area contributed by atoms with Gasteiger partial charge < -0.3 is 5.32 Å². The van der Waals surface area contributed by atoms with Crippen LogP contribution < -0.4 is 9.62 Å². The number of rotatable bonds is 5. The molecule has 28 heavy (non-hydrogen) atoms. The Hall–Kier alpha value is -1.68. The smallest absolute Gasteiger partial charge is 0.324 e. The van der Waals surface area contributed by atoms with Gasteiger partial charge in [-0.25, -0.2) is 8.42 Å². The summed E-state index contributed by atoms with van der Waals surface area (Å²) < 4.78 is 63.6. The van der Waals surface area contributed by atoms with Crippen LogP contribution in [0.1, 0.15) is 5.56 Å². The van der Waals surface area contributed by atoms with Gasteiger partial charge in [0.05, 0.1) is 27.6 Å². The van der Waals surface area contributed by atoms with Crippen LogP contribution in [-0.4, -0.2) is 27.1 Å². The van der Waals surface area contributed by atoms with Gasteiger partial charge in [0.15, 0.2) is 0 Å². The van der Waals surface area contributed by atoms with Gasteiger partial charge in [0.1, 0.15) is 6.54 Å². The summed E-state index contributed by atoms with van der Waals surface area (Å²) in [5, 5.41) is 1.88. The Bertz CT molecular complexity index is 1010. The molecule has 0 aliphatic heterocycles. The van der Waals surface area contributed by atoms with Crippen molar-refractivity contribution in [2.24, 2.45) is 0 Å². The lowest BCUT2D eigenvalue weighted by molar-refractivity contribution is -0.137. The summed E-state index contributed by atoms with van der Waals surface area (Å²) in [6, 6.07) is 6.82. The number of benzene rings is 2. The van der Waals surface area contributed by atoms with E-state index in [0.717, 1.165) is 18.4 Å². The molecular weight excluding hydrogens is 464 g/mol. The Morgan fingerprint density at radius 2 is 1.68 bits per heavy atom. The number of carbonyl (C=O) groups is 1. The number of nitrogens with one attached hydrogen (secondary N) is 1. The van der Waals surface area contributed by atoms with Crippen molar-refractivity contribution in [2.45, 2.75) is 6.18 Å². The maximum absolute atomic E-state index is 12.9. The van der Waals surface area contributed by atoms with Crippen LogP contribution in [0.25, 0.3) is 0 Å². The zero-order valence-electron chi connectivity index (χ0n) is 14.0. The van der Waals surface area contributed by atoms with Gasteiger partial charge in [0.25, 0.3) is 0 Å². The van der Waals surface area contributed by atoms with Gasteiger partial charge in [0.2, 0.25) is 15.9 Å². The van der Waals surface area contributed by atoms with Crippen LogP contribution in [-0.2, 0) is 21.0 Å². The van der Waals surface area contributed by atoms with Crippen molar-refractivity contribution < 1.29 is 26.4 Å². The Morgan fingerprint density at radius 1 is 1.07 bits per heavy atom. The molecule has 0 aliphatic rings. The van der Waals surface area contributed by atoms with E-state index in [9.17, 15) is 26.4 Å². The third kappa shape index (κ3) is 5.66. The Balaban J connectivity index is 2.30. The van der Waals surface area contributed by atoms with Crippen LogP contribution in [0.5, 0.6) is 0 Å². The van der Waals surface area contributed by atoms with Crippen molar-refractivity contribution in [3.8, 4) is 0 Å². The normalized spacial score (nSPS) is 12.0. The van der Waals surface area contributed by atoms with Crippen LogP contribution in [0.3, 0.4) is 0 Å². The lowest BCUT2D eigenvalue weighted by Crippen LogP contribution is -2.37. The first-order valence-corrected chi connectivity index (χ1v) is 10.4. The number of carbonyl (C=O) groups excluding carboxylic acids is 1. The number of halogens is 6. The molecule has 0 fully saturated rings. The molecule has 1 N–H and O–H groups in total. The predicted molar refractivity (Wildman–Crippen MR) is 104 cm³/mol. The second-order valence-corrected chi connectivity index (χ2v) is 8.76. The first-order valence-electron chi connectivity index (χ1n) is 7.38. The molecule has 0 heterocycles. The molecular formula is C16H12Cl3F3N2O3S. The van der Waals surface area contributed by atoms with Gasteiger partial charge in [-0.3, -0.25) is 9.10 Å². The van der Waals surface area contributed by atoms with E-state index in [-0.39, 0.29) is 21.4 Å². The van der Waals surface area contributed by atoms with Crippen LogP contribution in [0.15, 0.2) is 36.4 Å². The van der Waals surface area contributed by atoms with Crippen LogP contribution in [0, 0.1) is 0 Å². The number of nitrogens with zero attached hydrogens (tertiary/aromatic N) is 1. The highest BCUT2D eigenvalue weighted by Crippen LogP contribution is 2.36. The third-order valence-corrected chi connectivity index (χ3v) is 5.43. The summed E-state index contributed by atoms with van der Waals surface area (Å²) in [5.41, 5.74) is -1.38. The predicted octanol–water partition coefficient (Wildman–Crippen LogP) is 5.07. The average Bonchev–Trinajstić information content (AvgIpc) is 2.55. The molecule has 0 saturated carbocycles. The van der Waals surface area contributed by atoms with E-state index >= 15 is 0 Å². The van der Waals surface area contributed by atoms with Crippen LogP contribution in [0.4, 0.5) is 24.5 Å². The minimum atomic E-state index is -4.72. The summed E-state index contributed by atoms with van der Waals surface area (Å²) in [6.07, 6.45) is -3.87. The highest BCUT2D eigenvalue weighted by atomic mass is 35.5. The summed E-state index contributed by atoms with van der Waals surface area (Å²) >= 11 is 17.4. The lowest BCUT2D eigenvalue weighted by atomic mass is 10.2. The second-order valence-electron chi connectivity index (χ2n) is 5.61. The quantitative estimate of drug-likeness (QED) is 0.656. The molecule has 0 bridgehead atoms. The fourth-order valence-corrected chi connectivity index (χ4v) is 3.73. The minimum Gasteiger partial charge on any atom is -0.324 e. The summed E-state index contributed by atoms with van der Waals surface area (Å²) in [5.74, 6) is -0.892. The first kappa shape index (κ1) is 22.6. The maximum Gasteiger partial charge on any atom is 0.417 e. The van der Waals surface area contributed by atoms with Crippen LogP contribution >= 0.6 is 34.8 Å². The van der Waals surface area contributed by atoms with Gasteiger partial charge in [0, 0.05) is 10.7 Å². The number of amides is 1. The fourth-order valence-electron chi connectivity index (χ4n) is 2.21. The van der Waals surface area contributed by atoms with Crippen molar-refractivity contribution in [2.75, 3.05) is 22.4 Å². The Kier molecular flexibility index (Phi) is 6.75. The fraction of sp³-hybridized carbons (Fsp3) is 0.188. The van der Waals surface area contributed by atoms with E-state index in [4.69, 9.17) is 34.8 Å². The summed E-state index contributed by atoms with van der Waals surface area (Å²) in [4.78, 5) is 12.3.